The summed E-state index contributed by atoms with van der Waals surface area (Å²) in [7, 11) is -3.39. The van der Waals surface area contributed by atoms with Gasteiger partial charge in [0.25, 0.3) is 0 Å². The summed E-state index contributed by atoms with van der Waals surface area (Å²) >= 11 is 0. The van der Waals surface area contributed by atoms with Crippen LogP contribution in [0.5, 0.6) is 0 Å². The van der Waals surface area contributed by atoms with Crippen LogP contribution in [0.2, 0.25) is 0 Å². The van der Waals surface area contributed by atoms with E-state index in [1.165, 1.54) is 0 Å². The predicted molar refractivity (Wildman–Crippen MR) is 83.3 cm³/mol. The van der Waals surface area contributed by atoms with E-state index in [4.69, 9.17) is 0 Å². The topological polar surface area (TPSA) is 46.2 Å². The highest BCUT2D eigenvalue weighted by Gasteiger charge is 2.13. The Bertz CT molecular complexity index is 701. The Balaban J connectivity index is 2.21. The quantitative estimate of drug-likeness (QED) is 0.935. The molecule has 4 heteroatoms. The van der Waals surface area contributed by atoms with Crippen molar-refractivity contribution in [2.24, 2.45) is 0 Å². The number of sulfonamides is 1. The molecule has 20 heavy (non-hydrogen) atoms. The Morgan fingerprint density at radius 1 is 0.950 bits per heavy atom. The Hall–Kier alpha value is -1.81. The van der Waals surface area contributed by atoms with E-state index in [0.29, 0.717) is 5.69 Å². The van der Waals surface area contributed by atoms with Gasteiger partial charge in [0.05, 0.1) is 5.75 Å². The molecule has 1 N–H and O–H groups in total. The number of nitrogens with one attached hydrogen (secondary N) is 1. The Kier molecular flexibility index (Phi) is 4.14. The third-order valence-electron chi connectivity index (χ3n) is 3.10. The third kappa shape index (κ3) is 3.84. The van der Waals surface area contributed by atoms with Gasteiger partial charge in [0.15, 0.2) is 0 Å². The van der Waals surface area contributed by atoms with E-state index in [9.17, 15) is 8.42 Å². The zero-order valence-corrected chi connectivity index (χ0v) is 12.8. The molecule has 0 aromatic heterocycles. The molecule has 0 saturated carbocycles. The highest BCUT2D eigenvalue weighted by molar-refractivity contribution is 7.91. The van der Waals surface area contributed by atoms with Gasteiger partial charge in [0.2, 0.25) is 10.0 Å². The van der Waals surface area contributed by atoms with Gasteiger partial charge in [0, 0.05) is 5.69 Å². The number of hydrogen-bond acceptors (Lipinski definition) is 2. The molecular formula is C16H19NO2S. The minimum absolute atomic E-state index is 0.00728. The lowest BCUT2D eigenvalue weighted by molar-refractivity contribution is 0.600. The molecule has 2 rings (SSSR count). The van der Waals surface area contributed by atoms with Crippen LogP contribution < -0.4 is 4.72 Å². The fourth-order valence-electron chi connectivity index (χ4n) is 2.23. The van der Waals surface area contributed by atoms with E-state index in [1.54, 1.807) is 0 Å². The standard InChI is InChI=1S/C16H19NO2S/c1-12-8-13(2)10-16(9-12)17-20(18,19)11-15-7-5-4-6-14(15)3/h4-10,17H,11H2,1-3H3. The van der Waals surface area contributed by atoms with Crippen LogP contribution in [0, 0.1) is 20.8 Å². The number of rotatable bonds is 4. The van der Waals surface area contributed by atoms with Crippen molar-refractivity contribution < 1.29 is 8.42 Å². The van der Waals surface area contributed by atoms with Crippen LogP contribution in [-0.2, 0) is 15.8 Å². The number of hydrogen-bond donors (Lipinski definition) is 1. The fourth-order valence-corrected chi connectivity index (χ4v) is 3.51. The van der Waals surface area contributed by atoms with Gasteiger partial charge in [-0.2, -0.15) is 0 Å². The summed E-state index contributed by atoms with van der Waals surface area (Å²) < 4.78 is 27.1. The first-order chi connectivity index (χ1) is 9.35. The molecule has 0 heterocycles. The molecule has 0 atom stereocenters. The molecule has 3 nitrogen and oxygen atoms in total. The summed E-state index contributed by atoms with van der Waals surface area (Å²) in [4.78, 5) is 0. The number of benzene rings is 2. The predicted octanol–water partition coefficient (Wildman–Crippen LogP) is 3.55. The van der Waals surface area contributed by atoms with Crippen LogP contribution in [-0.4, -0.2) is 8.42 Å². The molecule has 0 radical (unpaired) electrons. The minimum Gasteiger partial charge on any atom is -0.283 e. The van der Waals surface area contributed by atoms with Gasteiger partial charge in [-0.15, -0.1) is 0 Å². The number of aryl methyl sites for hydroxylation is 3. The second-order valence-electron chi connectivity index (χ2n) is 5.16. The zero-order valence-electron chi connectivity index (χ0n) is 12.0. The van der Waals surface area contributed by atoms with Gasteiger partial charge in [0.1, 0.15) is 0 Å². The van der Waals surface area contributed by atoms with Crippen LogP contribution in [0.25, 0.3) is 0 Å². The van der Waals surface area contributed by atoms with Crippen molar-refractivity contribution >= 4 is 15.7 Å². The Morgan fingerprint density at radius 2 is 1.55 bits per heavy atom. The SMILES string of the molecule is Cc1cc(C)cc(NS(=O)(=O)Cc2ccccc2C)c1. The first-order valence-corrected chi connectivity index (χ1v) is 8.14. The van der Waals surface area contributed by atoms with Crippen molar-refractivity contribution in [3.8, 4) is 0 Å². The molecule has 2 aromatic rings. The second-order valence-corrected chi connectivity index (χ2v) is 6.89. The first-order valence-electron chi connectivity index (χ1n) is 6.49. The third-order valence-corrected chi connectivity index (χ3v) is 4.34. The lowest BCUT2D eigenvalue weighted by Crippen LogP contribution is -2.15. The van der Waals surface area contributed by atoms with Crippen molar-refractivity contribution in [2.75, 3.05) is 4.72 Å². The molecule has 106 valence electrons. The Morgan fingerprint density at radius 3 is 2.15 bits per heavy atom. The van der Waals surface area contributed by atoms with E-state index >= 15 is 0 Å². The molecule has 0 unspecified atom stereocenters. The van der Waals surface area contributed by atoms with Crippen molar-refractivity contribution in [3.05, 3.63) is 64.7 Å². The van der Waals surface area contributed by atoms with Gasteiger partial charge in [-0.05, 0) is 55.2 Å². The summed E-state index contributed by atoms with van der Waals surface area (Å²) in [6, 6.07) is 13.2. The molecule has 0 spiro atoms. The zero-order chi connectivity index (χ0) is 14.8. The Labute approximate surface area is 120 Å². The van der Waals surface area contributed by atoms with Gasteiger partial charge in [-0.1, -0.05) is 30.3 Å². The van der Waals surface area contributed by atoms with E-state index in [1.807, 2.05) is 63.2 Å². The maximum absolute atomic E-state index is 12.2. The summed E-state index contributed by atoms with van der Waals surface area (Å²) in [6.45, 7) is 5.82. The van der Waals surface area contributed by atoms with Crippen molar-refractivity contribution in [3.63, 3.8) is 0 Å². The minimum atomic E-state index is -3.39. The van der Waals surface area contributed by atoms with E-state index < -0.39 is 10.0 Å². The molecule has 2 aromatic carbocycles. The average Bonchev–Trinajstić information content (AvgIpc) is 2.29. The molecule has 0 fully saturated rings. The van der Waals surface area contributed by atoms with Gasteiger partial charge >= 0.3 is 0 Å². The summed E-state index contributed by atoms with van der Waals surface area (Å²) in [5.74, 6) is -0.00728. The lowest BCUT2D eigenvalue weighted by Gasteiger charge is -2.11. The van der Waals surface area contributed by atoms with E-state index in [0.717, 1.165) is 22.3 Å². The fraction of sp³-hybridized carbons (Fsp3) is 0.250. The number of anilines is 1. The average molecular weight is 289 g/mol. The molecule has 0 bridgehead atoms. The van der Waals surface area contributed by atoms with E-state index in [-0.39, 0.29) is 5.75 Å². The van der Waals surface area contributed by atoms with Crippen LogP contribution in [0.1, 0.15) is 22.3 Å². The summed E-state index contributed by atoms with van der Waals surface area (Å²) in [5, 5.41) is 0. The summed E-state index contributed by atoms with van der Waals surface area (Å²) in [6.07, 6.45) is 0. The molecule has 0 aliphatic heterocycles. The van der Waals surface area contributed by atoms with Crippen molar-refractivity contribution in [1.82, 2.24) is 0 Å². The molecule has 0 aliphatic carbocycles. The van der Waals surface area contributed by atoms with Crippen molar-refractivity contribution in [2.45, 2.75) is 26.5 Å². The molecule has 0 saturated heterocycles. The molecule has 0 amide bonds. The maximum Gasteiger partial charge on any atom is 0.236 e. The monoisotopic (exact) mass is 289 g/mol. The largest absolute Gasteiger partial charge is 0.283 e. The van der Waals surface area contributed by atoms with Crippen LogP contribution in [0.15, 0.2) is 42.5 Å². The summed E-state index contributed by atoms with van der Waals surface area (Å²) in [5.41, 5.74) is 4.51. The maximum atomic E-state index is 12.2. The van der Waals surface area contributed by atoms with Crippen LogP contribution >= 0.6 is 0 Å². The normalized spacial score (nSPS) is 11.3. The highest BCUT2D eigenvalue weighted by atomic mass is 32.2. The van der Waals surface area contributed by atoms with Crippen LogP contribution in [0.3, 0.4) is 0 Å². The first kappa shape index (κ1) is 14.6. The lowest BCUT2D eigenvalue weighted by atomic mass is 10.1. The molecule has 0 aliphatic rings. The van der Waals surface area contributed by atoms with Gasteiger partial charge in [-0.3, -0.25) is 4.72 Å². The smallest absolute Gasteiger partial charge is 0.236 e. The highest BCUT2D eigenvalue weighted by Crippen LogP contribution is 2.18. The van der Waals surface area contributed by atoms with Gasteiger partial charge in [-0.25, -0.2) is 8.42 Å². The second kappa shape index (κ2) is 5.67. The molecular weight excluding hydrogens is 270 g/mol. The van der Waals surface area contributed by atoms with Crippen LogP contribution in [0.4, 0.5) is 5.69 Å². The van der Waals surface area contributed by atoms with Gasteiger partial charge < -0.3 is 0 Å². The van der Waals surface area contributed by atoms with Crippen molar-refractivity contribution in [1.29, 1.82) is 0 Å². The van der Waals surface area contributed by atoms with E-state index in [2.05, 4.69) is 4.72 Å².